The van der Waals surface area contributed by atoms with E-state index in [0.717, 1.165) is 11.8 Å². The number of nitrogens with zero attached hydrogens (tertiary/aromatic N) is 3. The summed E-state index contributed by atoms with van der Waals surface area (Å²) in [5.74, 6) is 0.612. The van der Waals surface area contributed by atoms with Crippen LogP contribution in [0.3, 0.4) is 0 Å². The van der Waals surface area contributed by atoms with Gasteiger partial charge < -0.3 is 5.73 Å². The van der Waals surface area contributed by atoms with Gasteiger partial charge in [-0.1, -0.05) is 17.8 Å². The van der Waals surface area contributed by atoms with E-state index in [0.29, 0.717) is 17.1 Å². The summed E-state index contributed by atoms with van der Waals surface area (Å²) in [6.45, 7) is 0. The fourth-order valence-corrected chi connectivity index (χ4v) is 2.67. The highest BCUT2D eigenvalue weighted by Crippen LogP contribution is 2.43. The molecule has 2 aromatic rings. The van der Waals surface area contributed by atoms with Crippen LogP contribution in [0.2, 0.25) is 0 Å². The number of nitrogens with one attached hydrogen (secondary N) is 1. The van der Waals surface area contributed by atoms with Crippen LogP contribution in [-0.2, 0) is 0 Å². The van der Waals surface area contributed by atoms with Crippen molar-refractivity contribution in [3.8, 4) is 0 Å². The molecule has 0 radical (unpaired) electrons. The second kappa shape index (κ2) is 4.43. The Bertz CT molecular complexity index is 568. The Morgan fingerprint density at radius 2 is 2.33 bits per heavy atom. The van der Waals surface area contributed by atoms with Gasteiger partial charge in [0.25, 0.3) is 0 Å². The van der Waals surface area contributed by atoms with Crippen LogP contribution in [0.1, 0.15) is 5.56 Å². The van der Waals surface area contributed by atoms with Gasteiger partial charge in [-0.25, -0.2) is 4.98 Å². The number of thioether (sulfide) groups is 1. The van der Waals surface area contributed by atoms with Crippen LogP contribution in [0.5, 0.6) is 0 Å². The van der Waals surface area contributed by atoms with Crippen LogP contribution < -0.4 is 10.6 Å². The van der Waals surface area contributed by atoms with E-state index in [1.54, 1.807) is 35.6 Å². The summed E-state index contributed by atoms with van der Waals surface area (Å²) in [7, 11) is 0. The minimum absolute atomic E-state index is 0.324. The first kappa shape index (κ1) is 11.2. The SMILES string of the molecule is NC1SC(F)=C(c2cn[nH]c2)N1c1ccccn1. The zero-order valence-corrected chi connectivity index (χ0v) is 10.1. The van der Waals surface area contributed by atoms with Gasteiger partial charge in [0.05, 0.1) is 11.9 Å². The molecule has 3 heterocycles. The fourth-order valence-electron chi connectivity index (χ4n) is 1.81. The summed E-state index contributed by atoms with van der Waals surface area (Å²) < 4.78 is 14.0. The number of anilines is 1. The molecule has 0 aliphatic carbocycles. The molecule has 0 bridgehead atoms. The highest BCUT2D eigenvalue weighted by atomic mass is 32.2. The lowest BCUT2D eigenvalue weighted by Crippen LogP contribution is -2.35. The number of pyridine rings is 1. The molecule has 7 heteroatoms. The average Bonchev–Trinajstić information content (AvgIpc) is 2.97. The molecule has 0 saturated carbocycles. The van der Waals surface area contributed by atoms with Crippen molar-refractivity contribution >= 4 is 23.3 Å². The fraction of sp³-hybridized carbons (Fsp3) is 0.0909. The second-order valence-corrected chi connectivity index (χ2v) is 4.75. The number of rotatable bonds is 2. The minimum Gasteiger partial charge on any atom is -0.302 e. The van der Waals surface area contributed by atoms with Gasteiger partial charge >= 0.3 is 0 Å². The van der Waals surface area contributed by atoms with Gasteiger partial charge in [-0.2, -0.15) is 9.49 Å². The molecule has 3 rings (SSSR count). The Labute approximate surface area is 107 Å². The van der Waals surface area contributed by atoms with Gasteiger partial charge in [0.1, 0.15) is 11.3 Å². The smallest absolute Gasteiger partial charge is 0.184 e. The summed E-state index contributed by atoms with van der Waals surface area (Å²) in [5.41, 5.74) is 6.47. The van der Waals surface area contributed by atoms with Crippen LogP contribution in [-0.4, -0.2) is 20.7 Å². The number of halogens is 1. The molecule has 1 aliphatic rings. The molecule has 1 atom stereocenters. The summed E-state index contributed by atoms with van der Waals surface area (Å²) >= 11 is 0.965. The van der Waals surface area contributed by atoms with Crippen molar-refractivity contribution in [2.24, 2.45) is 5.73 Å². The van der Waals surface area contributed by atoms with Crippen LogP contribution in [0.15, 0.2) is 41.9 Å². The predicted molar refractivity (Wildman–Crippen MR) is 68.9 cm³/mol. The van der Waals surface area contributed by atoms with Crippen molar-refractivity contribution < 1.29 is 4.39 Å². The Morgan fingerprint density at radius 1 is 1.44 bits per heavy atom. The van der Waals surface area contributed by atoms with Crippen LogP contribution in [0, 0.1) is 0 Å². The van der Waals surface area contributed by atoms with Gasteiger partial charge in [-0.15, -0.1) is 0 Å². The van der Waals surface area contributed by atoms with Crippen LogP contribution >= 0.6 is 11.8 Å². The first-order chi connectivity index (χ1) is 8.77. The summed E-state index contributed by atoms with van der Waals surface area (Å²) in [6, 6.07) is 5.43. The highest BCUT2D eigenvalue weighted by Gasteiger charge is 2.33. The van der Waals surface area contributed by atoms with Gasteiger partial charge in [-0.3, -0.25) is 10.00 Å². The molecule has 0 fully saturated rings. The topological polar surface area (TPSA) is 70.8 Å². The number of aromatic amines is 1. The molecular weight excluding hydrogens is 253 g/mol. The van der Waals surface area contributed by atoms with Gasteiger partial charge in [0.15, 0.2) is 5.16 Å². The quantitative estimate of drug-likeness (QED) is 0.866. The minimum atomic E-state index is -0.523. The maximum atomic E-state index is 14.0. The highest BCUT2D eigenvalue weighted by molar-refractivity contribution is 8.04. The van der Waals surface area contributed by atoms with Crippen molar-refractivity contribution in [3.05, 3.63) is 47.5 Å². The lowest BCUT2D eigenvalue weighted by Gasteiger charge is -2.23. The molecule has 0 aromatic carbocycles. The summed E-state index contributed by atoms with van der Waals surface area (Å²) in [4.78, 5) is 5.86. The number of hydrogen-bond acceptors (Lipinski definition) is 5. The van der Waals surface area contributed by atoms with Gasteiger partial charge in [0, 0.05) is 18.0 Å². The molecule has 3 N–H and O–H groups in total. The molecule has 1 aliphatic heterocycles. The molecular formula is C11H10FN5S. The number of aromatic nitrogens is 3. The van der Waals surface area contributed by atoms with Gasteiger partial charge in [0.2, 0.25) is 0 Å². The molecule has 92 valence electrons. The molecule has 5 nitrogen and oxygen atoms in total. The normalized spacial score (nSPS) is 19.7. The molecule has 0 saturated heterocycles. The molecule has 0 spiro atoms. The zero-order valence-electron chi connectivity index (χ0n) is 9.25. The Hall–Kier alpha value is -1.86. The van der Waals surface area contributed by atoms with Crippen molar-refractivity contribution in [2.75, 3.05) is 4.90 Å². The van der Waals surface area contributed by atoms with E-state index in [1.807, 2.05) is 6.07 Å². The monoisotopic (exact) mass is 263 g/mol. The van der Waals surface area contributed by atoms with Gasteiger partial charge in [-0.05, 0) is 12.1 Å². The van der Waals surface area contributed by atoms with Crippen LogP contribution in [0.25, 0.3) is 5.70 Å². The van der Waals surface area contributed by atoms with E-state index in [4.69, 9.17) is 5.73 Å². The van der Waals surface area contributed by atoms with E-state index in [2.05, 4.69) is 15.2 Å². The second-order valence-electron chi connectivity index (χ2n) is 3.68. The third kappa shape index (κ3) is 1.77. The Morgan fingerprint density at radius 3 is 3.00 bits per heavy atom. The van der Waals surface area contributed by atoms with E-state index in [9.17, 15) is 4.39 Å². The molecule has 18 heavy (non-hydrogen) atoms. The summed E-state index contributed by atoms with van der Waals surface area (Å²) in [6.07, 6.45) is 4.84. The van der Waals surface area contributed by atoms with E-state index >= 15 is 0 Å². The number of nitrogens with two attached hydrogens (primary N) is 1. The maximum absolute atomic E-state index is 14.0. The van der Waals surface area contributed by atoms with Crippen molar-refractivity contribution in [3.63, 3.8) is 0 Å². The lowest BCUT2D eigenvalue weighted by molar-refractivity contribution is 0.703. The number of H-pyrrole nitrogens is 1. The van der Waals surface area contributed by atoms with Crippen molar-refractivity contribution in [1.82, 2.24) is 15.2 Å². The average molecular weight is 263 g/mol. The Balaban J connectivity index is 2.07. The van der Waals surface area contributed by atoms with E-state index in [-0.39, 0.29) is 5.16 Å². The zero-order chi connectivity index (χ0) is 12.5. The largest absolute Gasteiger partial charge is 0.302 e. The lowest BCUT2D eigenvalue weighted by atomic mass is 10.2. The standard InChI is InChI=1S/C11H10FN5S/c12-10-9(7-5-15-16-6-7)17(11(13)18-10)8-3-1-2-4-14-8/h1-6,11H,13H2,(H,15,16). The van der Waals surface area contributed by atoms with Crippen molar-refractivity contribution in [2.45, 2.75) is 5.50 Å². The third-order valence-corrected chi connectivity index (χ3v) is 3.43. The van der Waals surface area contributed by atoms with E-state index < -0.39 is 5.50 Å². The first-order valence-electron chi connectivity index (χ1n) is 5.29. The summed E-state index contributed by atoms with van der Waals surface area (Å²) in [5, 5.41) is 6.17. The van der Waals surface area contributed by atoms with E-state index in [1.165, 1.54) is 0 Å². The molecule has 2 aromatic heterocycles. The predicted octanol–water partition coefficient (Wildman–Crippen LogP) is 1.90. The first-order valence-corrected chi connectivity index (χ1v) is 6.17. The maximum Gasteiger partial charge on any atom is 0.184 e. The molecule has 1 unspecified atom stereocenters. The number of hydrogen-bond donors (Lipinski definition) is 2. The van der Waals surface area contributed by atoms with Crippen LogP contribution in [0.4, 0.5) is 10.2 Å². The molecule has 0 amide bonds. The third-order valence-electron chi connectivity index (χ3n) is 2.57. The van der Waals surface area contributed by atoms with Crippen molar-refractivity contribution in [1.29, 1.82) is 0 Å². The Kier molecular flexibility index (Phi) is 2.77.